The third kappa shape index (κ3) is 4.59. The number of aliphatic carboxylic acids is 2. The molecule has 0 bridgehead atoms. The van der Waals surface area contributed by atoms with Gasteiger partial charge in [-0.2, -0.15) is 0 Å². The van der Waals surface area contributed by atoms with Gasteiger partial charge in [-0.3, -0.25) is 9.59 Å². The first-order chi connectivity index (χ1) is 11.0. The Morgan fingerprint density at radius 2 is 1.83 bits per heavy atom. The maximum absolute atomic E-state index is 11.5. The number of carbonyl (C=O) groups excluding carboxylic acids is 1. The monoisotopic (exact) mass is 353 g/mol. The van der Waals surface area contributed by atoms with Crippen molar-refractivity contribution >= 4 is 17.8 Å². The predicted molar refractivity (Wildman–Crippen MR) is 71.4 cm³/mol. The van der Waals surface area contributed by atoms with E-state index in [9.17, 15) is 34.8 Å². The number of hydrogen-bond donors (Lipinski definition) is 8. The van der Waals surface area contributed by atoms with Crippen LogP contribution in [0.15, 0.2) is 0 Å². The van der Waals surface area contributed by atoms with E-state index in [-0.39, 0.29) is 0 Å². The fourth-order valence-electron chi connectivity index (χ4n) is 2.28. The van der Waals surface area contributed by atoms with Crippen molar-refractivity contribution in [2.75, 3.05) is 6.61 Å². The summed E-state index contributed by atoms with van der Waals surface area (Å²) in [5.74, 6) is -7.35. The second-order valence-electron chi connectivity index (χ2n) is 5.35. The lowest BCUT2D eigenvalue weighted by molar-refractivity contribution is -0.295. The zero-order chi connectivity index (χ0) is 18.7. The van der Waals surface area contributed by atoms with Crippen LogP contribution in [-0.2, 0) is 19.1 Å². The van der Waals surface area contributed by atoms with Crippen LogP contribution >= 0.6 is 0 Å². The highest BCUT2D eigenvalue weighted by Gasteiger charge is 2.54. The first-order valence-electron chi connectivity index (χ1n) is 6.81. The number of aliphatic hydroxyl groups excluding tert-OH is 4. The highest BCUT2D eigenvalue weighted by atomic mass is 16.7. The van der Waals surface area contributed by atoms with Crippen LogP contribution in [0.5, 0.6) is 0 Å². The smallest absolute Gasteiger partial charge is 0.364 e. The lowest BCUT2D eigenvalue weighted by atomic mass is 9.88. The summed E-state index contributed by atoms with van der Waals surface area (Å²) < 4.78 is 4.82. The van der Waals surface area contributed by atoms with Gasteiger partial charge < -0.3 is 45.8 Å². The molecule has 24 heavy (non-hydrogen) atoms. The summed E-state index contributed by atoms with van der Waals surface area (Å²) in [4.78, 5) is 33.1. The average molecular weight is 353 g/mol. The van der Waals surface area contributed by atoms with Crippen LogP contribution in [0.3, 0.4) is 0 Å². The molecule has 138 valence electrons. The molecule has 12 nitrogen and oxygen atoms in total. The summed E-state index contributed by atoms with van der Waals surface area (Å²) in [7, 11) is 0. The highest BCUT2D eigenvalue weighted by Crippen LogP contribution is 2.30. The van der Waals surface area contributed by atoms with E-state index in [4.69, 9.17) is 20.1 Å². The fraction of sp³-hybridized carbons (Fsp3) is 0.750. The van der Waals surface area contributed by atoms with Crippen LogP contribution < -0.4 is 5.32 Å². The number of nitrogens with one attached hydrogen (secondary N) is 1. The van der Waals surface area contributed by atoms with Crippen LogP contribution in [0.4, 0.5) is 0 Å². The standard InChI is InChI=1S/C12H19NO11/c14-3-5(16)9(20)10-8(13-6(17)1-7(18)19)4(15)2-12(23,24-10)11(21)22/h4-5,8-10,14-16,20,23H,1-3H2,(H,13,17)(H,18,19)(H,21,22)/t4?,5-,8-,9-,10?,12+/m1/s1. The molecule has 2 unspecified atom stereocenters. The maximum atomic E-state index is 11.5. The zero-order valence-electron chi connectivity index (χ0n) is 12.3. The summed E-state index contributed by atoms with van der Waals surface area (Å²) in [5.41, 5.74) is 0. The Hall–Kier alpha value is -1.83. The van der Waals surface area contributed by atoms with Crippen molar-refractivity contribution in [1.29, 1.82) is 0 Å². The van der Waals surface area contributed by atoms with E-state index in [1.165, 1.54) is 0 Å². The van der Waals surface area contributed by atoms with Crippen LogP contribution in [0.25, 0.3) is 0 Å². The van der Waals surface area contributed by atoms with Gasteiger partial charge in [-0.05, 0) is 0 Å². The molecule has 1 saturated heterocycles. The second kappa shape index (κ2) is 7.83. The summed E-state index contributed by atoms with van der Waals surface area (Å²) >= 11 is 0. The molecule has 0 radical (unpaired) electrons. The van der Waals surface area contributed by atoms with Gasteiger partial charge in [0.25, 0.3) is 5.79 Å². The minimum atomic E-state index is -2.91. The van der Waals surface area contributed by atoms with Gasteiger partial charge in [0.2, 0.25) is 5.91 Å². The topological polar surface area (TPSA) is 214 Å². The van der Waals surface area contributed by atoms with E-state index < -0.39 is 73.5 Å². The van der Waals surface area contributed by atoms with Crippen LogP contribution in [-0.4, -0.2) is 96.4 Å². The fourth-order valence-corrected chi connectivity index (χ4v) is 2.28. The lowest BCUT2D eigenvalue weighted by Crippen LogP contribution is -2.67. The number of amides is 1. The minimum Gasteiger partial charge on any atom is -0.481 e. The SMILES string of the molecule is O=C(O)CC(=O)N[C@@H]1C(O)C[C@@](O)(C(=O)O)OC1[C@H](O)[C@H](O)CO. The summed E-state index contributed by atoms with van der Waals surface area (Å²) in [6, 6.07) is -1.53. The van der Waals surface area contributed by atoms with Crippen LogP contribution in [0, 0.1) is 0 Å². The van der Waals surface area contributed by atoms with Crippen molar-refractivity contribution in [2.45, 2.75) is 49.1 Å². The maximum Gasteiger partial charge on any atom is 0.364 e. The van der Waals surface area contributed by atoms with E-state index in [0.717, 1.165) is 0 Å². The first kappa shape index (κ1) is 20.2. The number of carbonyl (C=O) groups is 3. The normalized spacial score (nSPS) is 32.6. The highest BCUT2D eigenvalue weighted by molar-refractivity contribution is 5.93. The average Bonchev–Trinajstić information content (AvgIpc) is 2.47. The van der Waals surface area contributed by atoms with Crippen molar-refractivity contribution in [3.8, 4) is 0 Å². The molecule has 0 saturated carbocycles. The predicted octanol–water partition coefficient (Wildman–Crippen LogP) is -4.42. The molecular formula is C12H19NO11. The van der Waals surface area contributed by atoms with E-state index in [1.54, 1.807) is 0 Å². The molecule has 0 aliphatic carbocycles. The summed E-state index contributed by atoms with van der Waals surface area (Å²) in [6.07, 6.45) is -9.28. The molecule has 0 aromatic carbocycles. The van der Waals surface area contributed by atoms with Gasteiger partial charge in [0.1, 0.15) is 24.7 Å². The minimum absolute atomic E-state index is 0.890. The third-order valence-electron chi connectivity index (χ3n) is 3.48. The molecular weight excluding hydrogens is 334 g/mol. The van der Waals surface area contributed by atoms with E-state index in [1.807, 2.05) is 5.32 Å². The Kier molecular flexibility index (Phi) is 6.59. The molecule has 1 rings (SSSR count). The first-order valence-corrected chi connectivity index (χ1v) is 6.81. The molecule has 1 amide bonds. The molecule has 6 atom stereocenters. The van der Waals surface area contributed by atoms with Crippen molar-refractivity contribution in [2.24, 2.45) is 0 Å². The van der Waals surface area contributed by atoms with Crippen LogP contribution in [0.2, 0.25) is 0 Å². The Morgan fingerprint density at radius 3 is 2.29 bits per heavy atom. The second-order valence-corrected chi connectivity index (χ2v) is 5.35. The van der Waals surface area contributed by atoms with Crippen LogP contribution in [0.1, 0.15) is 12.8 Å². The van der Waals surface area contributed by atoms with E-state index in [2.05, 4.69) is 0 Å². The number of carboxylic acid groups (broad SMARTS) is 2. The molecule has 1 heterocycles. The summed E-state index contributed by atoms with van der Waals surface area (Å²) in [5, 5.41) is 67.6. The largest absolute Gasteiger partial charge is 0.481 e. The van der Waals surface area contributed by atoms with Gasteiger partial charge in [0.15, 0.2) is 0 Å². The Bertz CT molecular complexity index is 497. The van der Waals surface area contributed by atoms with Crippen molar-refractivity contribution in [3.05, 3.63) is 0 Å². The number of aliphatic hydroxyl groups is 5. The van der Waals surface area contributed by atoms with Crippen molar-refractivity contribution in [1.82, 2.24) is 5.32 Å². The molecule has 1 aliphatic heterocycles. The number of carboxylic acids is 2. The molecule has 0 aromatic heterocycles. The molecule has 1 aliphatic rings. The number of hydrogen-bond acceptors (Lipinski definition) is 9. The number of rotatable bonds is 7. The Morgan fingerprint density at radius 1 is 1.25 bits per heavy atom. The molecule has 0 spiro atoms. The summed E-state index contributed by atoms with van der Waals surface area (Å²) in [6.45, 7) is -0.960. The van der Waals surface area contributed by atoms with Crippen molar-refractivity contribution in [3.63, 3.8) is 0 Å². The van der Waals surface area contributed by atoms with Crippen molar-refractivity contribution < 1.29 is 54.9 Å². The van der Waals surface area contributed by atoms with Gasteiger partial charge >= 0.3 is 11.9 Å². The van der Waals surface area contributed by atoms with E-state index in [0.29, 0.717) is 0 Å². The van der Waals surface area contributed by atoms with Gasteiger partial charge in [-0.25, -0.2) is 4.79 Å². The molecule has 1 fully saturated rings. The quantitative estimate of drug-likeness (QED) is 0.204. The van der Waals surface area contributed by atoms with Gasteiger partial charge in [0, 0.05) is 6.42 Å². The Labute approximate surface area is 134 Å². The Balaban J connectivity index is 3.06. The van der Waals surface area contributed by atoms with Gasteiger partial charge in [0.05, 0.1) is 18.8 Å². The lowest BCUT2D eigenvalue weighted by Gasteiger charge is -2.44. The molecule has 12 heteroatoms. The number of ether oxygens (including phenoxy) is 1. The van der Waals surface area contributed by atoms with Gasteiger partial charge in [-0.1, -0.05) is 0 Å². The molecule has 0 aromatic rings. The van der Waals surface area contributed by atoms with E-state index >= 15 is 0 Å². The van der Waals surface area contributed by atoms with Gasteiger partial charge in [-0.15, -0.1) is 0 Å². The third-order valence-corrected chi connectivity index (χ3v) is 3.48. The zero-order valence-corrected chi connectivity index (χ0v) is 12.3. The molecule has 8 N–H and O–H groups in total.